The monoisotopic (exact) mass is 460 g/mol. The Kier molecular flexibility index (Phi) is 6.36. The number of fused-ring (bicyclic) bond motifs is 1. The number of aryl methyl sites for hydroxylation is 1. The van der Waals surface area contributed by atoms with Crippen molar-refractivity contribution in [2.45, 2.75) is 13.8 Å². The van der Waals surface area contributed by atoms with Gasteiger partial charge in [-0.05, 0) is 36.2 Å². The Hall–Kier alpha value is -4.14. The van der Waals surface area contributed by atoms with Crippen LogP contribution >= 0.6 is 0 Å². The lowest BCUT2D eigenvalue weighted by atomic mass is 10.1. The molecule has 0 radical (unpaired) electrons. The van der Waals surface area contributed by atoms with Crippen molar-refractivity contribution >= 4 is 22.6 Å². The molecular weight excluding hydrogens is 432 g/mol. The van der Waals surface area contributed by atoms with Crippen molar-refractivity contribution < 1.29 is 9.53 Å². The van der Waals surface area contributed by atoms with Crippen LogP contribution in [-0.4, -0.2) is 45.9 Å². The molecule has 34 heavy (non-hydrogen) atoms. The van der Waals surface area contributed by atoms with Gasteiger partial charge in [0.15, 0.2) is 5.82 Å². The second-order valence-electron chi connectivity index (χ2n) is 8.69. The smallest absolute Gasteiger partial charge is 0.345 e. The van der Waals surface area contributed by atoms with Crippen LogP contribution in [-0.2, 0) is 11.8 Å². The van der Waals surface area contributed by atoms with E-state index >= 15 is 0 Å². The number of hydrogen-bond acceptors (Lipinski definition) is 6. The average Bonchev–Trinajstić information content (AvgIpc) is 3.13. The van der Waals surface area contributed by atoms with E-state index in [1.807, 2.05) is 55.6 Å². The molecule has 2 heterocycles. The third-order valence-corrected chi connectivity index (χ3v) is 5.38. The molecule has 0 unspecified atom stereocenters. The second-order valence-corrected chi connectivity index (χ2v) is 8.69. The van der Waals surface area contributed by atoms with Gasteiger partial charge in [0, 0.05) is 30.6 Å². The number of ether oxygens (including phenoxy) is 1. The number of nitrogens with zero attached hydrogens (tertiary/aromatic N) is 4. The number of carbonyl (C=O) groups excluding carboxylic acids is 1. The van der Waals surface area contributed by atoms with E-state index in [0.29, 0.717) is 35.5 Å². The Bertz CT molecular complexity index is 1410. The summed E-state index contributed by atoms with van der Waals surface area (Å²) >= 11 is 0. The Morgan fingerprint density at radius 2 is 1.97 bits per heavy atom. The van der Waals surface area contributed by atoms with Crippen molar-refractivity contribution in [2.75, 3.05) is 25.1 Å². The van der Waals surface area contributed by atoms with E-state index < -0.39 is 11.6 Å². The summed E-state index contributed by atoms with van der Waals surface area (Å²) in [7, 11) is 3.60. The third-order valence-electron chi connectivity index (χ3n) is 5.38. The number of nitrogens with one attached hydrogen (secondary N) is 1. The standard InChI is InChI=1S/C25H28N6O3/c1-15(2)14-34-22-8-6-5-7-17(22)20-12-19(27-25(33)28-20)16-9-10-21-18(11-16)24(29-31(21)4)30(3)13-23(26)32/h5-12,15H,13-14H2,1-4H3,(H2,26,32)(H,27,28,33). The SMILES string of the molecule is CC(C)COc1ccccc1-c1cc(-c2ccc3c(c2)c(N(C)CC(N)=O)nn3C)nc(=O)[nH]1. The van der Waals surface area contributed by atoms with Crippen LogP contribution in [0.3, 0.4) is 0 Å². The van der Waals surface area contributed by atoms with Crippen LogP contribution in [0.4, 0.5) is 5.82 Å². The number of H-pyrrole nitrogens is 1. The van der Waals surface area contributed by atoms with Gasteiger partial charge in [0.2, 0.25) is 5.91 Å². The summed E-state index contributed by atoms with van der Waals surface area (Å²) in [5.74, 6) is 1.24. The highest BCUT2D eigenvalue weighted by Gasteiger charge is 2.16. The first-order valence-corrected chi connectivity index (χ1v) is 11.0. The number of anilines is 1. The first-order valence-electron chi connectivity index (χ1n) is 11.0. The molecule has 2 aromatic carbocycles. The van der Waals surface area contributed by atoms with Crippen molar-refractivity contribution in [1.29, 1.82) is 0 Å². The minimum absolute atomic E-state index is 0.0386. The Balaban J connectivity index is 1.79. The topological polar surface area (TPSA) is 119 Å². The minimum atomic E-state index is -0.455. The van der Waals surface area contributed by atoms with E-state index in [1.54, 1.807) is 16.6 Å². The molecule has 0 bridgehead atoms. The van der Waals surface area contributed by atoms with E-state index in [-0.39, 0.29) is 6.54 Å². The number of aromatic amines is 1. The summed E-state index contributed by atoms with van der Waals surface area (Å²) in [6, 6.07) is 15.2. The molecule has 2 aromatic heterocycles. The molecule has 1 amide bonds. The maximum absolute atomic E-state index is 12.5. The molecule has 0 spiro atoms. The molecular formula is C25H28N6O3. The van der Waals surface area contributed by atoms with Gasteiger partial charge in [-0.1, -0.05) is 32.0 Å². The number of rotatable bonds is 8. The van der Waals surface area contributed by atoms with Crippen molar-refractivity contribution in [3.05, 3.63) is 59.0 Å². The molecule has 0 saturated heterocycles. The van der Waals surface area contributed by atoms with Crippen LogP contribution in [0.15, 0.2) is 53.3 Å². The highest BCUT2D eigenvalue weighted by molar-refractivity contribution is 5.95. The molecule has 3 N–H and O–H groups in total. The second kappa shape index (κ2) is 9.38. The molecule has 0 aliphatic heterocycles. The van der Waals surface area contributed by atoms with Gasteiger partial charge in [0.25, 0.3) is 0 Å². The molecule has 0 fully saturated rings. The zero-order valence-corrected chi connectivity index (χ0v) is 19.7. The van der Waals surface area contributed by atoms with E-state index in [2.05, 4.69) is 28.9 Å². The van der Waals surface area contributed by atoms with Crippen molar-refractivity contribution in [2.24, 2.45) is 18.7 Å². The van der Waals surface area contributed by atoms with Gasteiger partial charge in [-0.25, -0.2) is 4.79 Å². The van der Waals surface area contributed by atoms with Crippen LogP contribution in [0.1, 0.15) is 13.8 Å². The maximum Gasteiger partial charge on any atom is 0.345 e. The zero-order valence-electron chi connectivity index (χ0n) is 19.7. The van der Waals surface area contributed by atoms with Gasteiger partial charge in [0.1, 0.15) is 5.75 Å². The number of primary amides is 1. The third kappa shape index (κ3) is 4.78. The molecule has 4 rings (SSSR count). The van der Waals surface area contributed by atoms with Crippen LogP contribution in [0.25, 0.3) is 33.4 Å². The molecule has 0 aliphatic carbocycles. The van der Waals surface area contributed by atoms with Crippen LogP contribution < -0.4 is 21.1 Å². The molecule has 9 heteroatoms. The molecule has 0 saturated carbocycles. The van der Waals surface area contributed by atoms with Gasteiger partial charge in [-0.2, -0.15) is 10.1 Å². The number of para-hydroxylation sites is 1. The summed E-state index contributed by atoms with van der Waals surface area (Å²) < 4.78 is 7.72. The van der Waals surface area contributed by atoms with Gasteiger partial charge < -0.3 is 20.4 Å². The maximum atomic E-state index is 12.5. The number of likely N-dealkylation sites (N-methyl/N-ethyl adjacent to an activating group) is 1. The quantitative estimate of drug-likeness (QED) is 0.417. The number of hydrogen-bond donors (Lipinski definition) is 2. The first kappa shape index (κ1) is 23.0. The summed E-state index contributed by atoms with van der Waals surface area (Å²) in [5.41, 5.74) is 8.47. The summed E-state index contributed by atoms with van der Waals surface area (Å²) in [6.45, 7) is 4.77. The van der Waals surface area contributed by atoms with Gasteiger partial charge >= 0.3 is 5.69 Å². The van der Waals surface area contributed by atoms with Crippen molar-refractivity contribution in [1.82, 2.24) is 19.7 Å². The lowest BCUT2D eigenvalue weighted by molar-refractivity contribution is -0.116. The average molecular weight is 461 g/mol. The minimum Gasteiger partial charge on any atom is -0.493 e. The molecule has 176 valence electrons. The molecule has 0 atom stereocenters. The Morgan fingerprint density at radius 1 is 1.21 bits per heavy atom. The van der Waals surface area contributed by atoms with Crippen molar-refractivity contribution in [3.8, 4) is 28.3 Å². The number of carbonyl (C=O) groups is 1. The van der Waals surface area contributed by atoms with Gasteiger partial charge in [-0.15, -0.1) is 0 Å². The van der Waals surface area contributed by atoms with E-state index in [1.165, 1.54) is 0 Å². The molecule has 4 aromatic rings. The molecule has 9 nitrogen and oxygen atoms in total. The number of benzene rings is 2. The summed E-state index contributed by atoms with van der Waals surface area (Å²) in [6.07, 6.45) is 0. The lowest BCUT2D eigenvalue weighted by Crippen LogP contribution is -2.30. The van der Waals surface area contributed by atoms with Gasteiger partial charge in [-0.3, -0.25) is 9.48 Å². The predicted molar refractivity (Wildman–Crippen MR) is 133 cm³/mol. The number of nitrogens with two attached hydrogens (primary N) is 1. The van der Waals surface area contributed by atoms with Crippen LogP contribution in [0.5, 0.6) is 5.75 Å². The predicted octanol–water partition coefficient (Wildman–Crippen LogP) is 2.95. The van der Waals surface area contributed by atoms with Crippen LogP contribution in [0, 0.1) is 5.92 Å². The number of amides is 1. The fourth-order valence-electron chi connectivity index (χ4n) is 3.82. The van der Waals surface area contributed by atoms with E-state index in [4.69, 9.17) is 10.5 Å². The fourth-order valence-corrected chi connectivity index (χ4v) is 3.82. The van der Waals surface area contributed by atoms with Crippen LogP contribution in [0.2, 0.25) is 0 Å². The normalized spacial score (nSPS) is 11.2. The fraction of sp³-hybridized carbons (Fsp3) is 0.280. The summed E-state index contributed by atoms with van der Waals surface area (Å²) in [4.78, 5) is 32.7. The van der Waals surface area contributed by atoms with Gasteiger partial charge in [0.05, 0.1) is 30.1 Å². The lowest BCUT2D eigenvalue weighted by Gasteiger charge is -2.14. The first-order chi connectivity index (χ1) is 16.2. The van der Waals surface area contributed by atoms with Crippen molar-refractivity contribution in [3.63, 3.8) is 0 Å². The number of aromatic nitrogens is 4. The highest BCUT2D eigenvalue weighted by atomic mass is 16.5. The van der Waals surface area contributed by atoms with E-state index in [0.717, 1.165) is 22.0 Å². The molecule has 0 aliphatic rings. The van der Waals surface area contributed by atoms with E-state index in [9.17, 15) is 9.59 Å². The Morgan fingerprint density at radius 3 is 2.71 bits per heavy atom. The highest BCUT2D eigenvalue weighted by Crippen LogP contribution is 2.32. The Labute approximate surface area is 197 Å². The summed E-state index contributed by atoms with van der Waals surface area (Å²) in [5, 5.41) is 5.36. The largest absolute Gasteiger partial charge is 0.493 e. The zero-order chi connectivity index (χ0) is 24.4.